The van der Waals surface area contributed by atoms with Gasteiger partial charge in [-0.1, -0.05) is 19.3 Å². The van der Waals surface area contributed by atoms with Gasteiger partial charge in [-0.15, -0.1) is 0 Å². The number of benzene rings is 1. The molecule has 2 rings (SSSR count). The second-order valence-corrected chi connectivity index (χ2v) is 6.03. The maximum Gasteiger partial charge on any atom is 0.336 e. The smallest absolute Gasteiger partial charge is 0.336 e. The average Bonchev–Trinajstić information content (AvgIpc) is 2.43. The monoisotopic (exact) mass is 289 g/mol. The molecule has 0 heterocycles. The Morgan fingerprint density at radius 1 is 1.19 bits per heavy atom. The van der Waals surface area contributed by atoms with Crippen LogP contribution >= 0.6 is 0 Å². The van der Waals surface area contributed by atoms with Gasteiger partial charge in [0, 0.05) is 12.1 Å². The van der Waals surface area contributed by atoms with Gasteiger partial charge in [0.05, 0.1) is 5.56 Å². The standard InChI is InChI=1S/C17H23NO3/c1-11-8-14(10-15(12(11)2)17(20)21)18-16(19)9-13-6-4-3-5-7-13/h8,10,13H,3-7,9H2,1-2H3,(H,18,19)(H,20,21). The van der Waals surface area contributed by atoms with Crippen LogP contribution in [-0.4, -0.2) is 17.0 Å². The van der Waals surface area contributed by atoms with Crippen LogP contribution in [0.1, 0.15) is 60.0 Å². The van der Waals surface area contributed by atoms with E-state index in [2.05, 4.69) is 5.32 Å². The maximum atomic E-state index is 12.1. The number of hydrogen-bond donors (Lipinski definition) is 2. The molecule has 2 N–H and O–H groups in total. The molecule has 1 aliphatic carbocycles. The van der Waals surface area contributed by atoms with E-state index in [9.17, 15) is 14.7 Å². The highest BCUT2D eigenvalue weighted by molar-refractivity contribution is 5.95. The molecule has 1 saturated carbocycles. The minimum Gasteiger partial charge on any atom is -0.478 e. The van der Waals surface area contributed by atoms with Gasteiger partial charge in [0.1, 0.15) is 0 Å². The molecule has 0 bridgehead atoms. The summed E-state index contributed by atoms with van der Waals surface area (Å²) in [6, 6.07) is 3.38. The largest absolute Gasteiger partial charge is 0.478 e. The Kier molecular flexibility index (Phi) is 4.99. The predicted octanol–water partition coefficient (Wildman–Crippen LogP) is 3.91. The van der Waals surface area contributed by atoms with Crippen LogP contribution in [0.2, 0.25) is 0 Å². The normalized spacial score (nSPS) is 15.7. The van der Waals surface area contributed by atoms with E-state index >= 15 is 0 Å². The summed E-state index contributed by atoms with van der Waals surface area (Å²) in [4.78, 5) is 23.3. The average molecular weight is 289 g/mol. The first-order valence-corrected chi connectivity index (χ1v) is 7.61. The van der Waals surface area contributed by atoms with Gasteiger partial charge in [-0.25, -0.2) is 4.79 Å². The molecule has 114 valence electrons. The Hall–Kier alpha value is -1.84. The molecule has 4 nitrogen and oxygen atoms in total. The molecule has 0 saturated heterocycles. The number of aromatic carboxylic acids is 1. The number of carbonyl (C=O) groups excluding carboxylic acids is 1. The maximum absolute atomic E-state index is 12.1. The van der Waals surface area contributed by atoms with Gasteiger partial charge in [-0.2, -0.15) is 0 Å². The molecule has 0 aliphatic heterocycles. The summed E-state index contributed by atoms with van der Waals surface area (Å²) in [5, 5.41) is 12.0. The number of carboxylic acid groups (broad SMARTS) is 1. The SMILES string of the molecule is Cc1cc(NC(=O)CC2CCCCC2)cc(C(=O)O)c1C. The minimum absolute atomic E-state index is 0.0125. The first-order chi connectivity index (χ1) is 9.97. The lowest BCUT2D eigenvalue weighted by Gasteiger charge is -2.21. The lowest BCUT2D eigenvalue weighted by atomic mass is 9.87. The number of hydrogen-bond acceptors (Lipinski definition) is 2. The van der Waals surface area contributed by atoms with Crippen LogP contribution < -0.4 is 5.32 Å². The topological polar surface area (TPSA) is 66.4 Å². The number of anilines is 1. The summed E-state index contributed by atoms with van der Waals surface area (Å²) < 4.78 is 0. The van der Waals surface area contributed by atoms with E-state index < -0.39 is 5.97 Å². The summed E-state index contributed by atoms with van der Waals surface area (Å²) in [6.07, 6.45) is 6.49. The van der Waals surface area contributed by atoms with Crippen molar-refractivity contribution in [3.63, 3.8) is 0 Å². The van der Waals surface area contributed by atoms with E-state index in [1.54, 1.807) is 13.0 Å². The molecule has 4 heteroatoms. The van der Waals surface area contributed by atoms with Crippen molar-refractivity contribution < 1.29 is 14.7 Å². The highest BCUT2D eigenvalue weighted by Gasteiger charge is 2.18. The van der Waals surface area contributed by atoms with Crippen LogP contribution in [0, 0.1) is 19.8 Å². The third kappa shape index (κ3) is 4.06. The van der Waals surface area contributed by atoms with E-state index in [-0.39, 0.29) is 11.5 Å². The van der Waals surface area contributed by atoms with Gasteiger partial charge in [0.2, 0.25) is 5.91 Å². The van der Waals surface area contributed by atoms with E-state index in [0.717, 1.165) is 24.0 Å². The second-order valence-electron chi connectivity index (χ2n) is 6.03. The number of carbonyl (C=O) groups is 2. The Balaban J connectivity index is 2.05. The highest BCUT2D eigenvalue weighted by atomic mass is 16.4. The van der Waals surface area contributed by atoms with Crippen molar-refractivity contribution in [1.82, 2.24) is 0 Å². The number of amides is 1. The molecule has 1 amide bonds. The van der Waals surface area contributed by atoms with Gasteiger partial charge in [0.15, 0.2) is 0 Å². The number of carboxylic acids is 1. The fourth-order valence-corrected chi connectivity index (χ4v) is 3.02. The predicted molar refractivity (Wildman–Crippen MR) is 82.7 cm³/mol. The van der Waals surface area contributed by atoms with Crippen molar-refractivity contribution in [2.45, 2.75) is 52.4 Å². The van der Waals surface area contributed by atoms with Crippen LogP contribution in [-0.2, 0) is 4.79 Å². The fraction of sp³-hybridized carbons (Fsp3) is 0.529. The molecule has 1 aromatic carbocycles. The second kappa shape index (κ2) is 6.74. The Morgan fingerprint density at radius 2 is 1.86 bits per heavy atom. The van der Waals surface area contributed by atoms with Crippen LogP contribution in [0.4, 0.5) is 5.69 Å². The quantitative estimate of drug-likeness (QED) is 0.883. The molecule has 0 radical (unpaired) electrons. The van der Waals surface area contributed by atoms with Crippen LogP contribution in [0.25, 0.3) is 0 Å². The summed E-state index contributed by atoms with van der Waals surface area (Å²) in [5.41, 5.74) is 2.45. The van der Waals surface area contributed by atoms with Crippen molar-refractivity contribution in [2.75, 3.05) is 5.32 Å². The first kappa shape index (κ1) is 15.5. The molecular formula is C17H23NO3. The van der Waals surface area contributed by atoms with E-state index in [1.165, 1.54) is 19.3 Å². The minimum atomic E-state index is -0.959. The zero-order valence-electron chi connectivity index (χ0n) is 12.7. The van der Waals surface area contributed by atoms with Gasteiger partial charge in [-0.3, -0.25) is 4.79 Å². The van der Waals surface area contributed by atoms with E-state index in [4.69, 9.17) is 0 Å². The zero-order chi connectivity index (χ0) is 15.4. The molecule has 1 fully saturated rings. The number of rotatable bonds is 4. The Bertz CT molecular complexity index is 545. The molecular weight excluding hydrogens is 266 g/mol. The van der Waals surface area contributed by atoms with Gasteiger partial charge >= 0.3 is 5.97 Å². The molecule has 0 aromatic heterocycles. The van der Waals surface area contributed by atoms with Crippen molar-refractivity contribution in [2.24, 2.45) is 5.92 Å². The molecule has 1 aliphatic rings. The van der Waals surface area contributed by atoms with Crippen molar-refractivity contribution in [1.29, 1.82) is 0 Å². The molecule has 0 unspecified atom stereocenters. The van der Waals surface area contributed by atoms with Crippen molar-refractivity contribution >= 4 is 17.6 Å². The zero-order valence-corrected chi connectivity index (χ0v) is 12.7. The van der Waals surface area contributed by atoms with Crippen LogP contribution in [0.15, 0.2) is 12.1 Å². The molecule has 0 spiro atoms. The van der Waals surface area contributed by atoms with Crippen LogP contribution in [0.5, 0.6) is 0 Å². The van der Waals surface area contributed by atoms with E-state index in [1.807, 2.05) is 13.0 Å². The number of nitrogens with one attached hydrogen (secondary N) is 1. The lowest BCUT2D eigenvalue weighted by molar-refractivity contribution is -0.117. The summed E-state index contributed by atoms with van der Waals surface area (Å²) in [5.74, 6) is -0.496. The highest BCUT2D eigenvalue weighted by Crippen LogP contribution is 2.27. The van der Waals surface area contributed by atoms with Gasteiger partial charge < -0.3 is 10.4 Å². The first-order valence-electron chi connectivity index (χ1n) is 7.61. The summed E-state index contributed by atoms with van der Waals surface area (Å²) >= 11 is 0. The summed E-state index contributed by atoms with van der Waals surface area (Å²) in [6.45, 7) is 3.64. The lowest BCUT2D eigenvalue weighted by Crippen LogP contribution is -2.18. The fourth-order valence-electron chi connectivity index (χ4n) is 3.02. The third-order valence-corrected chi connectivity index (χ3v) is 4.38. The molecule has 1 aromatic rings. The van der Waals surface area contributed by atoms with Crippen molar-refractivity contribution in [3.8, 4) is 0 Å². The molecule has 21 heavy (non-hydrogen) atoms. The Morgan fingerprint density at radius 3 is 2.48 bits per heavy atom. The van der Waals surface area contributed by atoms with Gasteiger partial charge in [-0.05, 0) is 55.9 Å². The van der Waals surface area contributed by atoms with Gasteiger partial charge in [0.25, 0.3) is 0 Å². The van der Waals surface area contributed by atoms with E-state index in [0.29, 0.717) is 18.0 Å². The molecule has 0 atom stereocenters. The van der Waals surface area contributed by atoms with Crippen molar-refractivity contribution in [3.05, 3.63) is 28.8 Å². The summed E-state index contributed by atoms with van der Waals surface area (Å²) in [7, 11) is 0. The third-order valence-electron chi connectivity index (χ3n) is 4.38. The van der Waals surface area contributed by atoms with Crippen LogP contribution in [0.3, 0.4) is 0 Å². The number of aryl methyl sites for hydroxylation is 1. The Labute approximate surface area is 125 Å².